The first kappa shape index (κ1) is 22.7. The number of oxazole rings is 1. The van der Waals surface area contributed by atoms with Crippen molar-refractivity contribution in [3.63, 3.8) is 0 Å². The monoisotopic (exact) mass is 471 g/mol. The first-order chi connectivity index (χ1) is 15.3. The molecule has 0 bridgehead atoms. The summed E-state index contributed by atoms with van der Waals surface area (Å²) in [7, 11) is 0. The van der Waals surface area contributed by atoms with E-state index >= 15 is 0 Å². The van der Waals surface area contributed by atoms with Crippen LogP contribution in [0.5, 0.6) is 0 Å². The van der Waals surface area contributed by atoms with Crippen molar-refractivity contribution in [1.29, 1.82) is 0 Å². The van der Waals surface area contributed by atoms with Crippen molar-refractivity contribution in [3.05, 3.63) is 53.9 Å². The van der Waals surface area contributed by atoms with Crippen LogP contribution in [0.2, 0.25) is 0 Å². The average molecular weight is 472 g/mol. The molecule has 0 aliphatic carbocycles. The van der Waals surface area contributed by atoms with Crippen LogP contribution < -0.4 is 11.1 Å². The third-order valence-electron chi connectivity index (χ3n) is 5.36. The molecule has 3 heterocycles. The van der Waals surface area contributed by atoms with Crippen LogP contribution in [-0.2, 0) is 11.2 Å². The Balaban J connectivity index is 1.25. The second kappa shape index (κ2) is 9.54. The number of amides is 1. The number of carbonyl (C=O) groups excluding carboxylic acids is 1. The summed E-state index contributed by atoms with van der Waals surface area (Å²) in [5, 5.41) is 4.44. The van der Waals surface area contributed by atoms with E-state index < -0.39 is 0 Å². The molecule has 170 valence electrons. The van der Waals surface area contributed by atoms with Crippen LogP contribution in [0.3, 0.4) is 0 Å². The number of rotatable bonds is 6. The van der Waals surface area contributed by atoms with E-state index in [9.17, 15) is 4.79 Å². The van der Waals surface area contributed by atoms with Crippen LogP contribution in [0.4, 0.5) is 10.8 Å². The van der Waals surface area contributed by atoms with E-state index in [2.05, 4.69) is 36.1 Å². The zero-order valence-corrected chi connectivity index (χ0v) is 20.3. The van der Waals surface area contributed by atoms with Gasteiger partial charge in [0.15, 0.2) is 5.13 Å². The van der Waals surface area contributed by atoms with Gasteiger partial charge < -0.3 is 20.4 Å². The van der Waals surface area contributed by atoms with Crippen molar-refractivity contribution < 1.29 is 9.21 Å². The largest absolute Gasteiger partial charge is 0.444 e. The molecule has 9 heteroatoms. The van der Waals surface area contributed by atoms with Gasteiger partial charge in [-0.15, -0.1) is 11.8 Å². The Morgan fingerprint density at radius 2 is 2.06 bits per heavy atom. The fourth-order valence-electron chi connectivity index (χ4n) is 3.51. The van der Waals surface area contributed by atoms with Gasteiger partial charge in [0.25, 0.3) is 5.91 Å². The summed E-state index contributed by atoms with van der Waals surface area (Å²) < 4.78 is 6.99. The van der Waals surface area contributed by atoms with E-state index in [1.165, 1.54) is 0 Å². The lowest BCUT2D eigenvalue weighted by atomic mass is 9.94. The van der Waals surface area contributed by atoms with E-state index in [1.807, 2.05) is 29.4 Å². The number of aromatic nitrogens is 2. The van der Waals surface area contributed by atoms with Gasteiger partial charge in [0, 0.05) is 35.8 Å². The van der Waals surface area contributed by atoms with Crippen LogP contribution in [0.1, 0.15) is 55.6 Å². The Labute approximate surface area is 196 Å². The highest BCUT2D eigenvalue weighted by atomic mass is 32.2. The topological polar surface area (TPSA) is 97.3 Å². The lowest BCUT2D eigenvalue weighted by molar-refractivity contribution is 0.0718. The molecule has 1 fully saturated rings. The highest BCUT2D eigenvalue weighted by Gasteiger charge is 2.24. The van der Waals surface area contributed by atoms with Gasteiger partial charge in [-0.1, -0.05) is 38.2 Å². The molecule has 7 nitrogen and oxygen atoms in total. The highest BCUT2D eigenvalue weighted by Crippen LogP contribution is 2.32. The van der Waals surface area contributed by atoms with Gasteiger partial charge in [0.2, 0.25) is 5.89 Å². The molecular weight excluding hydrogens is 442 g/mol. The number of thiazole rings is 1. The van der Waals surface area contributed by atoms with E-state index in [0.717, 1.165) is 46.9 Å². The molecule has 0 saturated carbocycles. The number of anilines is 2. The first-order valence-corrected chi connectivity index (χ1v) is 12.5. The quantitative estimate of drug-likeness (QED) is 0.385. The summed E-state index contributed by atoms with van der Waals surface area (Å²) in [4.78, 5) is 23.5. The summed E-state index contributed by atoms with van der Waals surface area (Å²) >= 11 is 3.32. The fraction of sp³-hybridized carbons (Fsp3) is 0.435. The molecule has 0 unspecified atom stereocenters. The molecule has 1 aliphatic rings. The lowest BCUT2D eigenvalue weighted by Gasteiger charge is -2.32. The molecule has 1 saturated heterocycles. The SMILES string of the molecule is CC(C)(C)c1cnc(CSc2cnc(NC3CCN(C(=O)c4cccc(N)c4)CC3)s2)o1. The Morgan fingerprint density at radius 3 is 2.75 bits per heavy atom. The standard InChI is InChI=1S/C23H29N5O2S2/c1-23(2,3)18-12-25-19(30-18)14-31-20-13-26-22(32-20)27-17-7-9-28(10-8-17)21(29)15-5-4-6-16(24)11-15/h4-6,11-13,17H,7-10,14,24H2,1-3H3,(H,26,27). The van der Waals surface area contributed by atoms with E-state index in [-0.39, 0.29) is 11.3 Å². The number of nitrogens with one attached hydrogen (secondary N) is 1. The number of hydrogen-bond donors (Lipinski definition) is 2. The maximum atomic E-state index is 12.7. The number of likely N-dealkylation sites (tertiary alicyclic amines) is 1. The average Bonchev–Trinajstić information content (AvgIpc) is 3.42. The van der Waals surface area contributed by atoms with Crippen molar-refractivity contribution in [3.8, 4) is 0 Å². The van der Waals surface area contributed by atoms with Crippen LogP contribution in [0.25, 0.3) is 0 Å². The predicted molar refractivity (Wildman–Crippen MR) is 130 cm³/mol. The summed E-state index contributed by atoms with van der Waals surface area (Å²) in [5.41, 5.74) is 7.04. The van der Waals surface area contributed by atoms with Crippen molar-refractivity contribution in [2.45, 2.75) is 55.0 Å². The zero-order valence-electron chi connectivity index (χ0n) is 18.6. The second-order valence-electron chi connectivity index (χ2n) is 8.98. The van der Waals surface area contributed by atoms with Gasteiger partial charge in [-0.25, -0.2) is 9.97 Å². The summed E-state index contributed by atoms with van der Waals surface area (Å²) in [6.45, 7) is 7.79. The van der Waals surface area contributed by atoms with Gasteiger partial charge in [-0.3, -0.25) is 4.79 Å². The molecule has 1 aromatic carbocycles. The molecule has 4 rings (SSSR count). The summed E-state index contributed by atoms with van der Waals surface area (Å²) in [6, 6.07) is 7.48. The van der Waals surface area contributed by atoms with Gasteiger partial charge in [-0.05, 0) is 31.0 Å². The number of nitrogen functional groups attached to an aromatic ring is 1. The minimum atomic E-state index is -0.0356. The van der Waals surface area contributed by atoms with Gasteiger partial charge in [0.05, 0.1) is 22.4 Å². The Kier molecular flexibility index (Phi) is 6.76. The minimum absolute atomic E-state index is 0.0356. The Morgan fingerprint density at radius 1 is 1.28 bits per heavy atom. The number of carbonyl (C=O) groups is 1. The van der Waals surface area contributed by atoms with Crippen LogP contribution in [-0.4, -0.2) is 39.9 Å². The number of thioether (sulfide) groups is 1. The molecule has 0 spiro atoms. The van der Waals surface area contributed by atoms with Crippen molar-refractivity contribution >= 4 is 39.8 Å². The number of nitrogens with zero attached hydrogens (tertiary/aromatic N) is 3. The van der Waals surface area contributed by atoms with Gasteiger partial charge >= 0.3 is 0 Å². The molecule has 0 atom stereocenters. The van der Waals surface area contributed by atoms with Crippen LogP contribution in [0, 0.1) is 0 Å². The van der Waals surface area contributed by atoms with Crippen LogP contribution >= 0.6 is 23.1 Å². The Hall–Kier alpha value is -2.52. The van der Waals surface area contributed by atoms with Crippen molar-refractivity contribution in [1.82, 2.24) is 14.9 Å². The number of hydrogen-bond acceptors (Lipinski definition) is 8. The molecule has 2 aromatic heterocycles. The molecular formula is C23H29N5O2S2. The molecule has 1 aliphatic heterocycles. The third-order valence-corrected chi connectivity index (χ3v) is 7.47. The smallest absolute Gasteiger partial charge is 0.253 e. The highest BCUT2D eigenvalue weighted by molar-refractivity contribution is 8.00. The number of benzene rings is 1. The fourth-order valence-corrected chi connectivity index (χ4v) is 5.31. The molecule has 3 N–H and O–H groups in total. The Bertz CT molecular complexity index is 1060. The molecule has 32 heavy (non-hydrogen) atoms. The molecule has 0 radical (unpaired) electrons. The summed E-state index contributed by atoms with van der Waals surface area (Å²) in [6.07, 6.45) is 5.49. The third kappa shape index (κ3) is 5.63. The van der Waals surface area contributed by atoms with E-state index in [4.69, 9.17) is 10.2 Å². The molecule has 1 amide bonds. The normalized spacial score (nSPS) is 15.2. The second-order valence-corrected chi connectivity index (χ2v) is 11.3. The maximum absolute atomic E-state index is 12.7. The number of piperidine rings is 1. The minimum Gasteiger partial charge on any atom is -0.444 e. The molecule has 3 aromatic rings. The van der Waals surface area contributed by atoms with Crippen molar-refractivity contribution in [2.75, 3.05) is 24.1 Å². The van der Waals surface area contributed by atoms with Crippen LogP contribution in [0.15, 0.2) is 45.3 Å². The van der Waals surface area contributed by atoms with Gasteiger partial charge in [-0.2, -0.15) is 0 Å². The van der Waals surface area contributed by atoms with E-state index in [1.54, 1.807) is 35.2 Å². The maximum Gasteiger partial charge on any atom is 0.253 e. The predicted octanol–water partition coefficient (Wildman–Crippen LogP) is 5.02. The zero-order chi connectivity index (χ0) is 22.7. The van der Waals surface area contributed by atoms with E-state index in [0.29, 0.717) is 23.0 Å². The van der Waals surface area contributed by atoms with Crippen molar-refractivity contribution in [2.24, 2.45) is 0 Å². The summed E-state index contributed by atoms with van der Waals surface area (Å²) in [5.74, 6) is 2.37. The number of nitrogens with two attached hydrogens (primary N) is 1. The lowest BCUT2D eigenvalue weighted by Crippen LogP contribution is -2.42. The first-order valence-electron chi connectivity index (χ1n) is 10.7. The van der Waals surface area contributed by atoms with Gasteiger partial charge in [0.1, 0.15) is 5.76 Å².